The third kappa shape index (κ3) is 4.30. The monoisotopic (exact) mass is 425 g/mol. The van der Waals surface area contributed by atoms with Crippen molar-refractivity contribution in [2.75, 3.05) is 0 Å². The van der Waals surface area contributed by atoms with Crippen molar-refractivity contribution < 1.29 is 4.79 Å². The third-order valence-corrected chi connectivity index (χ3v) is 5.31. The average Bonchev–Trinajstić information content (AvgIpc) is 3.08. The predicted molar refractivity (Wildman–Crippen MR) is 130 cm³/mol. The number of benzene rings is 1. The van der Waals surface area contributed by atoms with Gasteiger partial charge in [-0.05, 0) is 52.3 Å². The van der Waals surface area contributed by atoms with Crippen LogP contribution in [0.25, 0.3) is 16.9 Å². The molecule has 3 heterocycles. The van der Waals surface area contributed by atoms with Crippen molar-refractivity contribution in [3.8, 4) is 11.3 Å². The molecule has 1 aromatic carbocycles. The first-order valence-corrected chi connectivity index (χ1v) is 10.7. The van der Waals surface area contributed by atoms with Crippen LogP contribution in [0.5, 0.6) is 0 Å². The summed E-state index contributed by atoms with van der Waals surface area (Å²) in [5.41, 5.74) is 7.55. The van der Waals surface area contributed by atoms with Gasteiger partial charge in [-0.2, -0.15) is 5.10 Å². The smallest absolute Gasteiger partial charge is 0.165 e. The molecule has 0 unspecified atom stereocenters. The zero-order valence-electron chi connectivity index (χ0n) is 19.1. The molecule has 0 radical (unpaired) electrons. The van der Waals surface area contributed by atoms with Gasteiger partial charge in [0.15, 0.2) is 11.6 Å². The number of pyridine rings is 1. The molecule has 0 saturated carbocycles. The van der Waals surface area contributed by atoms with Crippen molar-refractivity contribution in [1.29, 1.82) is 0 Å². The highest BCUT2D eigenvalue weighted by molar-refractivity contribution is 5.97. The van der Waals surface area contributed by atoms with Crippen LogP contribution in [0, 0.1) is 13.8 Å². The van der Waals surface area contributed by atoms with Crippen molar-refractivity contribution in [1.82, 2.24) is 14.4 Å². The zero-order valence-corrected chi connectivity index (χ0v) is 19.1. The van der Waals surface area contributed by atoms with Crippen LogP contribution in [0.15, 0.2) is 76.4 Å². The number of hydrazone groups is 1. The molecule has 0 N–H and O–H groups in total. The Labute approximate surface area is 188 Å². The number of hydrogen-bond donors (Lipinski definition) is 0. The first-order valence-electron chi connectivity index (χ1n) is 10.7. The molecule has 0 aliphatic carbocycles. The molecule has 0 amide bonds. The number of ketones is 1. The van der Waals surface area contributed by atoms with Crippen LogP contribution in [0.3, 0.4) is 0 Å². The van der Waals surface area contributed by atoms with Crippen LogP contribution in [-0.2, 0) is 11.2 Å². The molecule has 0 fully saturated rings. The number of allylic oxidation sites excluding steroid dienone is 3. The highest BCUT2D eigenvalue weighted by atomic mass is 16.1. The molecule has 2 aromatic heterocycles. The summed E-state index contributed by atoms with van der Waals surface area (Å²) in [7, 11) is 0. The summed E-state index contributed by atoms with van der Waals surface area (Å²) in [4.78, 5) is 22.6. The van der Waals surface area contributed by atoms with Crippen LogP contribution in [0.2, 0.25) is 0 Å². The molecule has 32 heavy (non-hydrogen) atoms. The molecule has 0 spiro atoms. The van der Waals surface area contributed by atoms with Crippen LogP contribution >= 0.6 is 0 Å². The van der Waals surface area contributed by atoms with Gasteiger partial charge in [-0.25, -0.2) is 15.0 Å². The fourth-order valence-electron chi connectivity index (χ4n) is 3.83. The number of aliphatic imine (C=N–C) groups is 1. The molecule has 0 saturated heterocycles. The lowest BCUT2D eigenvalue weighted by Gasteiger charge is -2.23. The Morgan fingerprint density at radius 1 is 1.03 bits per heavy atom. The largest absolute Gasteiger partial charge is 0.303 e. The topological polar surface area (TPSA) is 62.3 Å². The minimum Gasteiger partial charge on any atom is -0.303 e. The molecule has 1 aliphatic rings. The molecular weight excluding hydrogens is 398 g/mol. The van der Waals surface area contributed by atoms with E-state index in [2.05, 4.69) is 41.3 Å². The summed E-state index contributed by atoms with van der Waals surface area (Å²) in [6, 6.07) is 12.2. The quantitative estimate of drug-likeness (QED) is 0.414. The van der Waals surface area contributed by atoms with E-state index < -0.39 is 0 Å². The van der Waals surface area contributed by atoms with Gasteiger partial charge in [0.25, 0.3) is 0 Å². The summed E-state index contributed by atoms with van der Waals surface area (Å²) in [5.74, 6) is 0.465. The van der Waals surface area contributed by atoms with Gasteiger partial charge in [0.05, 0.1) is 17.8 Å². The summed E-state index contributed by atoms with van der Waals surface area (Å²) in [6.45, 7) is 9.80. The van der Waals surface area contributed by atoms with Gasteiger partial charge in [0.1, 0.15) is 5.65 Å². The Hall–Kier alpha value is -3.80. The number of aryl methyl sites for hydroxylation is 2. The number of imidazole rings is 1. The minimum absolute atomic E-state index is 0.0563. The molecule has 3 aromatic rings. The van der Waals surface area contributed by atoms with E-state index in [0.29, 0.717) is 5.82 Å². The Kier molecular flexibility index (Phi) is 5.86. The van der Waals surface area contributed by atoms with E-state index in [1.807, 2.05) is 56.5 Å². The summed E-state index contributed by atoms with van der Waals surface area (Å²) in [6.07, 6.45) is 7.44. The molecule has 0 bridgehead atoms. The van der Waals surface area contributed by atoms with Gasteiger partial charge >= 0.3 is 0 Å². The van der Waals surface area contributed by atoms with Crippen LogP contribution in [0.4, 0.5) is 0 Å². The Morgan fingerprint density at radius 2 is 1.75 bits per heavy atom. The van der Waals surface area contributed by atoms with E-state index in [1.54, 1.807) is 17.3 Å². The van der Waals surface area contributed by atoms with E-state index in [4.69, 9.17) is 4.98 Å². The Morgan fingerprint density at radius 3 is 2.47 bits per heavy atom. The van der Waals surface area contributed by atoms with Crippen molar-refractivity contribution in [2.45, 2.75) is 41.0 Å². The standard InChI is InChI=1S/C26H27N5O/c1-6-27-31-20(5)13-19(4)28-25(31)15-22(32)14-23-26(21-10-7-17(2)8-11-21)29-24-12-9-18(3)16-30(23)24/h6-13,15-16H,14H2,1-5H3/b25-15+,27-6-. The minimum atomic E-state index is -0.0563. The Balaban J connectivity index is 1.76. The van der Waals surface area contributed by atoms with E-state index >= 15 is 0 Å². The fourth-order valence-corrected chi connectivity index (χ4v) is 3.83. The number of carbonyl (C=O) groups is 1. The van der Waals surface area contributed by atoms with Gasteiger partial charge in [-0.15, -0.1) is 0 Å². The first-order chi connectivity index (χ1) is 15.4. The number of aromatic nitrogens is 2. The Bertz CT molecular complexity index is 1310. The molecule has 6 heteroatoms. The third-order valence-electron chi connectivity index (χ3n) is 5.31. The molecule has 4 rings (SSSR count). The lowest BCUT2D eigenvalue weighted by molar-refractivity contribution is -0.114. The molecule has 6 nitrogen and oxygen atoms in total. The van der Waals surface area contributed by atoms with E-state index in [9.17, 15) is 4.79 Å². The molecule has 1 aliphatic heterocycles. The van der Waals surface area contributed by atoms with Crippen LogP contribution < -0.4 is 0 Å². The SMILES string of the molecule is C/C=N\N1C(C)=CC(C)=N/C1=C\C(=O)Cc1c(-c2ccc(C)cc2)nc2ccc(C)cn12. The van der Waals surface area contributed by atoms with E-state index in [0.717, 1.165) is 39.6 Å². The molecule has 162 valence electrons. The van der Waals surface area contributed by atoms with Gasteiger partial charge in [-0.3, -0.25) is 4.79 Å². The highest BCUT2D eigenvalue weighted by Crippen LogP contribution is 2.27. The maximum atomic E-state index is 13.2. The lowest BCUT2D eigenvalue weighted by atomic mass is 10.1. The zero-order chi connectivity index (χ0) is 22.8. The summed E-state index contributed by atoms with van der Waals surface area (Å²) >= 11 is 0. The van der Waals surface area contributed by atoms with Gasteiger partial charge < -0.3 is 4.40 Å². The molecular formula is C26H27N5O. The van der Waals surface area contributed by atoms with E-state index in [-0.39, 0.29) is 12.2 Å². The van der Waals surface area contributed by atoms with Gasteiger partial charge in [-0.1, -0.05) is 35.9 Å². The fraction of sp³-hybridized carbons (Fsp3) is 0.231. The number of rotatable bonds is 5. The number of fused-ring (bicyclic) bond motifs is 1. The van der Waals surface area contributed by atoms with E-state index in [1.165, 1.54) is 5.56 Å². The second-order valence-corrected chi connectivity index (χ2v) is 8.08. The average molecular weight is 426 g/mol. The first kappa shape index (κ1) is 21.4. The van der Waals surface area contributed by atoms with Gasteiger partial charge in [0, 0.05) is 35.5 Å². The highest BCUT2D eigenvalue weighted by Gasteiger charge is 2.20. The maximum Gasteiger partial charge on any atom is 0.165 e. The summed E-state index contributed by atoms with van der Waals surface area (Å²) < 4.78 is 2.02. The summed E-state index contributed by atoms with van der Waals surface area (Å²) in [5, 5.41) is 6.05. The van der Waals surface area contributed by atoms with Crippen molar-refractivity contribution >= 4 is 23.4 Å². The van der Waals surface area contributed by atoms with Crippen molar-refractivity contribution in [3.05, 3.63) is 83.1 Å². The lowest BCUT2D eigenvalue weighted by Crippen LogP contribution is -2.20. The molecule has 0 atom stereocenters. The van der Waals surface area contributed by atoms with Crippen LogP contribution in [-0.4, -0.2) is 32.1 Å². The second kappa shape index (κ2) is 8.75. The predicted octanol–water partition coefficient (Wildman–Crippen LogP) is 5.26. The van der Waals surface area contributed by atoms with Crippen molar-refractivity contribution in [3.63, 3.8) is 0 Å². The number of nitrogens with zero attached hydrogens (tertiary/aromatic N) is 5. The van der Waals surface area contributed by atoms with Crippen LogP contribution in [0.1, 0.15) is 37.6 Å². The normalized spacial score (nSPS) is 15.5. The van der Waals surface area contributed by atoms with Crippen molar-refractivity contribution in [2.24, 2.45) is 10.1 Å². The van der Waals surface area contributed by atoms with Gasteiger partial charge in [0.2, 0.25) is 0 Å². The second-order valence-electron chi connectivity index (χ2n) is 8.08. The number of carbonyl (C=O) groups excluding carboxylic acids is 1. The maximum absolute atomic E-state index is 13.2. The number of hydrogen-bond acceptors (Lipinski definition) is 5.